The zero-order valence-electron chi connectivity index (χ0n) is 15.5. The second-order valence-corrected chi connectivity index (χ2v) is 7.26. The van der Waals surface area contributed by atoms with E-state index in [0.717, 1.165) is 24.2 Å². The maximum atomic E-state index is 12.5. The van der Waals surface area contributed by atoms with Crippen molar-refractivity contribution in [2.75, 3.05) is 0 Å². The van der Waals surface area contributed by atoms with Crippen LogP contribution >= 0.6 is 0 Å². The molecule has 1 saturated heterocycles. The fourth-order valence-electron chi connectivity index (χ4n) is 3.93. The predicted molar refractivity (Wildman–Crippen MR) is 101 cm³/mol. The normalized spacial score (nSPS) is 21.4. The summed E-state index contributed by atoms with van der Waals surface area (Å²) in [6.07, 6.45) is 4.96. The molecule has 0 bridgehead atoms. The summed E-state index contributed by atoms with van der Waals surface area (Å²) in [7, 11) is 0. The van der Waals surface area contributed by atoms with Gasteiger partial charge in [0.2, 0.25) is 5.91 Å². The molecule has 0 radical (unpaired) electrons. The molecule has 0 unspecified atom stereocenters. The Kier molecular flexibility index (Phi) is 5.14. The molecule has 7 heteroatoms. The van der Waals surface area contributed by atoms with Crippen molar-refractivity contribution >= 4 is 17.8 Å². The van der Waals surface area contributed by atoms with Gasteiger partial charge in [0.1, 0.15) is 11.8 Å². The molecule has 1 aromatic carbocycles. The Labute approximate surface area is 163 Å². The fraction of sp³-hybridized carbons (Fsp3) is 0.381. The largest absolute Gasteiger partial charge is 0.467 e. The van der Waals surface area contributed by atoms with Crippen molar-refractivity contribution in [2.45, 2.75) is 50.7 Å². The highest BCUT2D eigenvalue weighted by atomic mass is 16.3. The number of carbonyl (C=O) groups excluding carboxylic acids is 3. The Hall–Kier alpha value is -3.09. The average Bonchev–Trinajstić information content (AvgIpc) is 3.30. The van der Waals surface area contributed by atoms with E-state index in [9.17, 15) is 14.4 Å². The van der Waals surface area contributed by atoms with Crippen molar-refractivity contribution in [3.05, 3.63) is 59.5 Å². The number of benzene rings is 1. The van der Waals surface area contributed by atoms with Gasteiger partial charge in [0.15, 0.2) is 0 Å². The predicted octanol–water partition coefficient (Wildman–Crippen LogP) is 2.67. The van der Waals surface area contributed by atoms with Crippen molar-refractivity contribution in [1.82, 2.24) is 15.5 Å². The lowest BCUT2D eigenvalue weighted by Crippen LogP contribution is -2.34. The van der Waals surface area contributed by atoms with Crippen LogP contribution < -0.4 is 10.6 Å². The highest BCUT2D eigenvalue weighted by molar-refractivity contribution is 6.04. The molecule has 0 spiro atoms. The highest BCUT2D eigenvalue weighted by Crippen LogP contribution is 2.29. The van der Waals surface area contributed by atoms with E-state index in [0.29, 0.717) is 5.76 Å². The van der Waals surface area contributed by atoms with Gasteiger partial charge < -0.3 is 15.1 Å². The topological polar surface area (TPSA) is 91.7 Å². The van der Waals surface area contributed by atoms with Crippen LogP contribution in [0, 0.1) is 0 Å². The van der Waals surface area contributed by atoms with Gasteiger partial charge in [-0.25, -0.2) is 4.79 Å². The Morgan fingerprint density at radius 1 is 1.21 bits per heavy atom. The van der Waals surface area contributed by atoms with Gasteiger partial charge in [-0.15, -0.1) is 0 Å². The molecule has 7 nitrogen and oxygen atoms in total. The van der Waals surface area contributed by atoms with Crippen LogP contribution in [0.25, 0.3) is 0 Å². The van der Waals surface area contributed by atoms with Gasteiger partial charge in [0.05, 0.1) is 18.8 Å². The highest BCUT2D eigenvalue weighted by Gasteiger charge is 2.38. The lowest BCUT2D eigenvalue weighted by atomic mass is 9.87. The van der Waals surface area contributed by atoms with Crippen molar-refractivity contribution in [3.8, 4) is 0 Å². The summed E-state index contributed by atoms with van der Waals surface area (Å²) in [5.41, 5.74) is 2.46. The van der Waals surface area contributed by atoms with E-state index in [1.54, 1.807) is 12.1 Å². The number of fused-ring (bicyclic) bond motifs is 1. The molecule has 0 saturated carbocycles. The molecule has 4 rings (SSSR count). The Bertz CT molecular complexity index is 878. The number of rotatable bonds is 6. The van der Waals surface area contributed by atoms with Crippen LogP contribution in [0.5, 0.6) is 0 Å². The quantitative estimate of drug-likeness (QED) is 0.753. The first kappa shape index (κ1) is 18.3. The van der Waals surface area contributed by atoms with Crippen LogP contribution in [-0.4, -0.2) is 28.8 Å². The maximum absolute atomic E-state index is 12.5. The van der Waals surface area contributed by atoms with Gasteiger partial charge in [-0.05, 0) is 48.9 Å². The molecule has 2 heterocycles. The molecule has 2 aromatic rings. The third-order valence-corrected chi connectivity index (χ3v) is 5.37. The standard InChI is InChI=1S/C21H23N3O4/c25-19(22-17-9-3-6-14-5-1-2-8-16(14)17)11-10-18-20(26)24(21(27)23-18)13-15-7-4-12-28-15/h1-2,4-5,7-8,12,17-18H,3,6,9-11,13H2,(H,22,25)(H,23,27)/t17-,18+/m1/s1. The number of hydrogen-bond donors (Lipinski definition) is 2. The molecule has 2 atom stereocenters. The number of furan rings is 1. The first-order valence-corrected chi connectivity index (χ1v) is 9.63. The Balaban J connectivity index is 1.31. The Morgan fingerprint density at radius 3 is 2.89 bits per heavy atom. The summed E-state index contributed by atoms with van der Waals surface area (Å²) < 4.78 is 5.20. The third kappa shape index (κ3) is 3.78. The molecule has 1 aliphatic carbocycles. The zero-order valence-corrected chi connectivity index (χ0v) is 15.5. The van der Waals surface area contributed by atoms with Crippen LogP contribution in [-0.2, 0) is 22.6 Å². The number of urea groups is 1. The number of aryl methyl sites for hydroxylation is 1. The minimum absolute atomic E-state index is 0.0155. The van der Waals surface area contributed by atoms with Crippen LogP contribution in [0.4, 0.5) is 4.79 Å². The van der Waals surface area contributed by atoms with Gasteiger partial charge in [-0.3, -0.25) is 14.5 Å². The van der Waals surface area contributed by atoms with E-state index in [2.05, 4.69) is 22.8 Å². The minimum atomic E-state index is -0.674. The lowest BCUT2D eigenvalue weighted by Gasteiger charge is -2.26. The molecule has 1 aliphatic heterocycles. The second kappa shape index (κ2) is 7.88. The van der Waals surface area contributed by atoms with E-state index < -0.39 is 12.1 Å². The van der Waals surface area contributed by atoms with Crippen LogP contribution in [0.3, 0.4) is 0 Å². The van der Waals surface area contributed by atoms with Crippen LogP contribution in [0.1, 0.15) is 48.6 Å². The molecule has 1 fully saturated rings. The van der Waals surface area contributed by atoms with Gasteiger partial charge >= 0.3 is 6.03 Å². The Morgan fingerprint density at radius 2 is 2.07 bits per heavy atom. The summed E-state index contributed by atoms with van der Waals surface area (Å²) in [5.74, 6) is 0.114. The SMILES string of the molecule is O=C(CC[C@@H]1NC(=O)N(Cc2ccco2)C1=O)N[C@@H]1CCCc2ccccc21. The van der Waals surface area contributed by atoms with Gasteiger partial charge in [-0.2, -0.15) is 0 Å². The summed E-state index contributed by atoms with van der Waals surface area (Å²) in [4.78, 5) is 38.1. The van der Waals surface area contributed by atoms with Crippen molar-refractivity contribution in [2.24, 2.45) is 0 Å². The number of nitrogens with one attached hydrogen (secondary N) is 2. The molecule has 1 aromatic heterocycles. The number of carbonyl (C=O) groups is 3. The van der Waals surface area contributed by atoms with Crippen LogP contribution in [0.2, 0.25) is 0 Å². The summed E-state index contributed by atoms with van der Waals surface area (Å²) >= 11 is 0. The monoisotopic (exact) mass is 381 g/mol. The minimum Gasteiger partial charge on any atom is -0.467 e. The van der Waals surface area contributed by atoms with Crippen molar-refractivity contribution < 1.29 is 18.8 Å². The number of amides is 4. The fourth-order valence-corrected chi connectivity index (χ4v) is 3.93. The maximum Gasteiger partial charge on any atom is 0.325 e. The van der Waals surface area contributed by atoms with Gasteiger partial charge in [0.25, 0.3) is 5.91 Å². The lowest BCUT2D eigenvalue weighted by molar-refractivity contribution is -0.128. The molecule has 28 heavy (non-hydrogen) atoms. The van der Waals surface area contributed by atoms with E-state index in [4.69, 9.17) is 4.42 Å². The second-order valence-electron chi connectivity index (χ2n) is 7.26. The molecule has 2 N–H and O–H groups in total. The first-order chi connectivity index (χ1) is 13.6. The molecule has 146 valence electrons. The smallest absolute Gasteiger partial charge is 0.325 e. The first-order valence-electron chi connectivity index (χ1n) is 9.63. The van der Waals surface area contributed by atoms with E-state index in [-0.39, 0.29) is 37.2 Å². The molecule has 2 aliphatic rings. The number of nitrogens with zero attached hydrogens (tertiary/aromatic N) is 1. The molecular formula is C21H23N3O4. The van der Waals surface area contributed by atoms with Gasteiger partial charge in [-0.1, -0.05) is 24.3 Å². The zero-order chi connectivity index (χ0) is 19.5. The number of imide groups is 1. The summed E-state index contributed by atoms with van der Waals surface area (Å²) in [5, 5.41) is 5.74. The van der Waals surface area contributed by atoms with Crippen molar-refractivity contribution in [3.63, 3.8) is 0 Å². The van der Waals surface area contributed by atoms with E-state index in [1.807, 2.05) is 12.1 Å². The molecular weight excluding hydrogens is 358 g/mol. The van der Waals surface area contributed by atoms with Crippen molar-refractivity contribution in [1.29, 1.82) is 0 Å². The van der Waals surface area contributed by atoms with E-state index >= 15 is 0 Å². The van der Waals surface area contributed by atoms with Gasteiger partial charge in [0, 0.05) is 6.42 Å². The summed E-state index contributed by atoms with van der Waals surface area (Å²) in [6, 6.07) is 10.5. The van der Waals surface area contributed by atoms with Crippen LogP contribution in [0.15, 0.2) is 47.1 Å². The third-order valence-electron chi connectivity index (χ3n) is 5.37. The average molecular weight is 381 g/mol. The van der Waals surface area contributed by atoms with E-state index in [1.165, 1.54) is 17.4 Å². The summed E-state index contributed by atoms with van der Waals surface area (Å²) in [6.45, 7) is 0.0964. The number of hydrogen-bond acceptors (Lipinski definition) is 4. The molecule has 4 amide bonds.